The molecule has 1 aliphatic rings. The van der Waals surface area contributed by atoms with Crippen LogP contribution in [0.5, 0.6) is 0 Å². The summed E-state index contributed by atoms with van der Waals surface area (Å²) in [5.74, 6) is -0.462. The van der Waals surface area contributed by atoms with E-state index in [0.717, 1.165) is 6.42 Å². The maximum atomic E-state index is 10.6. The van der Waals surface area contributed by atoms with E-state index in [1.54, 1.807) is 0 Å². The van der Waals surface area contributed by atoms with Crippen LogP contribution >= 0.6 is 0 Å². The number of carboxylic acid groups (broad SMARTS) is 1. The average molecular weight is 142 g/mol. The van der Waals surface area contributed by atoms with E-state index >= 15 is 0 Å². The summed E-state index contributed by atoms with van der Waals surface area (Å²) in [6.45, 7) is 0. The molecule has 0 aromatic carbocycles. The minimum absolute atomic E-state index is 0.116. The van der Waals surface area contributed by atoms with E-state index in [1.165, 1.54) is 0 Å². The lowest BCUT2D eigenvalue weighted by Gasteiger charge is -2.00. The molecule has 1 aliphatic carbocycles. The predicted molar refractivity (Wildman–Crippen MR) is 34.6 cm³/mol. The zero-order chi connectivity index (χ0) is 7.56. The summed E-state index contributed by atoms with van der Waals surface area (Å²) in [6, 6.07) is 0. The van der Waals surface area contributed by atoms with E-state index in [9.17, 15) is 9.59 Å². The Morgan fingerprint density at radius 2 is 2.40 bits per heavy atom. The highest BCUT2D eigenvalue weighted by molar-refractivity contribution is 5.81. The van der Waals surface area contributed by atoms with Crippen molar-refractivity contribution in [1.82, 2.24) is 0 Å². The first-order valence-electron chi connectivity index (χ1n) is 3.42. The smallest absolute Gasteiger partial charge is 0.303 e. The van der Waals surface area contributed by atoms with Crippen LogP contribution in [0.25, 0.3) is 0 Å². The van der Waals surface area contributed by atoms with Crippen molar-refractivity contribution in [1.29, 1.82) is 0 Å². The van der Waals surface area contributed by atoms with Gasteiger partial charge in [-0.1, -0.05) is 0 Å². The molecule has 0 amide bonds. The molecule has 0 bridgehead atoms. The fraction of sp³-hybridized carbons (Fsp3) is 0.714. The molecule has 1 saturated carbocycles. The Kier molecular flexibility index (Phi) is 2.04. The van der Waals surface area contributed by atoms with Crippen LogP contribution in [-0.4, -0.2) is 16.9 Å². The minimum Gasteiger partial charge on any atom is -0.481 e. The molecule has 56 valence electrons. The molecule has 0 aromatic rings. The van der Waals surface area contributed by atoms with Gasteiger partial charge in [0.25, 0.3) is 0 Å². The van der Waals surface area contributed by atoms with E-state index in [4.69, 9.17) is 5.11 Å². The van der Waals surface area contributed by atoms with Gasteiger partial charge in [-0.15, -0.1) is 0 Å². The molecule has 0 aromatic heterocycles. The van der Waals surface area contributed by atoms with Crippen LogP contribution in [0.2, 0.25) is 0 Å². The van der Waals surface area contributed by atoms with Gasteiger partial charge in [0.2, 0.25) is 0 Å². The first-order chi connectivity index (χ1) is 4.68. The second-order valence-electron chi connectivity index (χ2n) is 2.75. The van der Waals surface area contributed by atoms with E-state index in [2.05, 4.69) is 0 Å². The van der Waals surface area contributed by atoms with Crippen LogP contribution in [0, 0.1) is 5.92 Å². The van der Waals surface area contributed by atoms with Gasteiger partial charge in [-0.05, 0) is 12.3 Å². The Morgan fingerprint density at radius 1 is 1.70 bits per heavy atom. The lowest BCUT2D eigenvalue weighted by molar-refractivity contribution is -0.138. The molecule has 10 heavy (non-hydrogen) atoms. The van der Waals surface area contributed by atoms with Crippen molar-refractivity contribution in [2.45, 2.75) is 25.7 Å². The maximum Gasteiger partial charge on any atom is 0.303 e. The molecule has 1 rings (SSSR count). The van der Waals surface area contributed by atoms with Crippen LogP contribution in [0.15, 0.2) is 0 Å². The van der Waals surface area contributed by atoms with Crippen LogP contribution in [0.1, 0.15) is 25.7 Å². The first-order valence-corrected chi connectivity index (χ1v) is 3.42. The number of hydrogen-bond acceptors (Lipinski definition) is 2. The Hall–Kier alpha value is -0.860. The standard InChI is InChI=1S/C7H10O3/c8-6-2-1-5(3-6)4-7(9)10/h5H,1-4H2,(H,9,10). The first kappa shape index (κ1) is 7.25. The zero-order valence-electron chi connectivity index (χ0n) is 5.67. The van der Waals surface area contributed by atoms with Crippen molar-refractivity contribution >= 4 is 11.8 Å². The Bertz CT molecular complexity index is 162. The van der Waals surface area contributed by atoms with Gasteiger partial charge in [-0.25, -0.2) is 0 Å². The number of carbonyl (C=O) groups is 2. The van der Waals surface area contributed by atoms with Crippen LogP contribution in [0.4, 0.5) is 0 Å². The van der Waals surface area contributed by atoms with Crippen molar-refractivity contribution < 1.29 is 14.7 Å². The summed E-state index contributed by atoms with van der Waals surface area (Å²) in [4.78, 5) is 20.8. The zero-order valence-corrected chi connectivity index (χ0v) is 5.67. The Morgan fingerprint density at radius 3 is 2.80 bits per heavy atom. The number of hydrogen-bond donors (Lipinski definition) is 1. The van der Waals surface area contributed by atoms with Gasteiger partial charge >= 0.3 is 5.97 Å². The fourth-order valence-electron chi connectivity index (χ4n) is 1.31. The van der Waals surface area contributed by atoms with Crippen LogP contribution in [-0.2, 0) is 9.59 Å². The average Bonchev–Trinajstić information content (AvgIpc) is 2.13. The van der Waals surface area contributed by atoms with Gasteiger partial charge in [0.15, 0.2) is 0 Å². The van der Waals surface area contributed by atoms with E-state index in [-0.39, 0.29) is 18.1 Å². The highest BCUT2D eigenvalue weighted by Gasteiger charge is 2.23. The van der Waals surface area contributed by atoms with Gasteiger partial charge in [0.1, 0.15) is 5.78 Å². The lowest BCUT2D eigenvalue weighted by atomic mass is 10.1. The Labute approximate surface area is 59.0 Å². The highest BCUT2D eigenvalue weighted by Crippen LogP contribution is 2.24. The number of aliphatic carboxylic acids is 1. The Balaban J connectivity index is 2.31. The normalized spacial score (nSPS) is 25.2. The summed E-state index contributed by atoms with van der Waals surface area (Å²) >= 11 is 0. The molecule has 0 radical (unpaired) electrons. The summed E-state index contributed by atoms with van der Waals surface area (Å²) in [7, 11) is 0. The van der Waals surface area contributed by atoms with E-state index < -0.39 is 5.97 Å². The minimum atomic E-state index is -0.792. The third-order valence-electron chi connectivity index (χ3n) is 1.81. The molecule has 0 spiro atoms. The number of carboxylic acids is 1. The van der Waals surface area contributed by atoms with Crippen LogP contribution in [0.3, 0.4) is 0 Å². The molecular formula is C7H10O3. The second kappa shape index (κ2) is 2.82. The van der Waals surface area contributed by atoms with Gasteiger partial charge in [0.05, 0.1) is 0 Å². The van der Waals surface area contributed by atoms with Gasteiger partial charge in [-0.3, -0.25) is 9.59 Å². The topological polar surface area (TPSA) is 54.4 Å². The molecule has 1 N–H and O–H groups in total. The predicted octanol–water partition coefficient (Wildman–Crippen LogP) is 0.830. The highest BCUT2D eigenvalue weighted by atomic mass is 16.4. The monoisotopic (exact) mass is 142 g/mol. The number of carbonyl (C=O) groups excluding carboxylic acids is 1. The van der Waals surface area contributed by atoms with E-state index in [0.29, 0.717) is 12.8 Å². The summed E-state index contributed by atoms with van der Waals surface area (Å²) in [5.41, 5.74) is 0. The molecule has 0 aliphatic heterocycles. The van der Waals surface area contributed by atoms with Gasteiger partial charge < -0.3 is 5.11 Å². The summed E-state index contributed by atoms with van der Waals surface area (Å²) in [5, 5.41) is 8.35. The molecule has 0 saturated heterocycles. The third kappa shape index (κ3) is 1.83. The van der Waals surface area contributed by atoms with Crippen molar-refractivity contribution in [2.75, 3.05) is 0 Å². The van der Waals surface area contributed by atoms with Crippen molar-refractivity contribution in [3.05, 3.63) is 0 Å². The number of rotatable bonds is 2. The fourth-order valence-corrected chi connectivity index (χ4v) is 1.31. The summed E-state index contributed by atoms with van der Waals surface area (Å²) in [6.07, 6.45) is 1.99. The third-order valence-corrected chi connectivity index (χ3v) is 1.81. The second-order valence-corrected chi connectivity index (χ2v) is 2.75. The number of ketones is 1. The van der Waals surface area contributed by atoms with Crippen molar-refractivity contribution in [3.63, 3.8) is 0 Å². The van der Waals surface area contributed by atoms with Crippen molar-refractivity contribution in [2.24, 2.45) is 5.92 Å². The lowest BCUT2D eigenvalue weighted by Crippen LogP contribution is -2.03. The van der Waals surface area contributed by atoms with Crippen LogP contribution < -0.4 is 0 Å². The maximum absolute atomic E-state index is 10.6. The molecule has 1 unspecified atom stereocenters. The molecule has 3 heteroatoms. The van der Waals surface area contributed by atoms with E-state index in [1.807, 2.05) is 0 Å². The van der Waals surface area contributed by atoms with Gasteiger partial charge in [0, 0.05) is 19.3 Å². The van der Waals surface area contributed by atoms with Crippen molar-refractivity contribution in [3.8, 4) is 0 Å². The molecule has 1 atom stereocenters. The quantitative estimate of drug-likeness (QED) is 0.621. The molecule has 1 fully saturated rings. The SMILES string of the molecule is O=C(O)CC1CCC(=O)C1. The summed E-state index contributed by atoms with van der Waals surface area (Å²) < 4.78 is 0. The molecule has 0 heterocycles. The molecular weight excluding hydrogens is 132 g/mol. The number of Topliss-reactive ketones (excluding diaryl/α,β-unsaturated/α-hetero) is 1. The molecule has 3 nitrogen and oxygen atoms in total. The van der Waals surface area contributed by atoms with Gasteiger partial charge in [-0.2, -0.15) is 0 Å². The largest absolute Gasteiger partial charge is 0.481 e.